The maximum Gasteiger partial charge on any atom is 0.272 e. The Labute approximate surface area is 248 Å². The van der Waals surface area contributed by atoms with Crippen molar-refractivity contribution in [1.82, 2.24) is 5.32 Å². The molecule has 212 valence electrons. The lowest BCUT2D eigenvalue weighted by Gasteiger charge is -2.14. The standard InChI is InChI=1S/C33H30N4O4S/c1-21-10-6-7-13-24(21)20-29(37-32(40)23-11-4-3-5-12-23)33(41)35-25-16-18-26(19-17-25)42-22(2)31(39)36-28-15-9-8-14-27(28)30(34)38/h3-20,22H,1-2H3,(H2,34,38)(H,35,41)(H,36,39)(H,37,40)/b29-20-. The second-order valence-electron chi connectivity index (χ2n) is 9.37. The highest BCUT2D eigenvalue weighted by Crippen LogP contribution is 2.26. The molecule has 0 spiro atoms. The Balaban J connectivity index is 1.44. The van der Waals surface area contributed by atoms with Gasteiger partial charge in [-0.05, 0) is 79.6 Å². The fourth-order valence-corrected chi connectivity index (χ4v) is 4.83. The van der Waals surface area contributed by atoms with Gasteiger partial charge in [-0.25, -0.2) is 0 Å². The van der Waals surface area contributed by atoms with Crippen LogP contribution in [0, 0.1) is 6.92 Å². The Morgan fingerprint density at radius 3 is 2.12 bits per heavy atom. The molecule has 4 aromatic carbocycles. The number of para-hydroxylation sites is 1. The van der Waals surface area contributed by atoms with Gasteiger partial charge in [0.2, 0.25) is 5.91 Å². The van der Waals surface area contributed by atoms with Crippen molar-refractivity contribution in [3.05, 3.63) is 131 Å². The molecule has 0 aliphatic rings. The summed E-state index contributed by atoms with van der Waals surface area (Å²) < 4.78 is 0. The van der Waals surface area contributed by atoms with Gasteiger partial charge in [-0.15, -0.1) is 11.8 Å². The number of hydrogen-bond donors (Lipinski definition) is 4. The highest BCUT2D eigenvalue weighted by molar-refractivity contribution is 8.00. The average molecular weight is 579 g/mol. The van der Waals surface area contributed by atoms with Gasteiger partial charge in [-0.3, -0.25) is 19.2 Å². The van der Waals surface area contributed by atoms with E-state index in [0.717, 1.165) is 16.0 Å². The van der Waals surface area contributed by atoms with Crippen LogP contribution < -0.4 is 21.7 Å². The molecule has 8 nitrogen and oxygen atoms in total. The van der Waals surface area contributed by atoms with Gasteiger partial charge in [-0.2, -0.15) is 0 Å². The van der Waals surface area contributed by atoms with Crippen molar-refractivity contribution in [2.45, 2.75) is 24.0 Å². The summed E-state index contributed by atoms with van der Waals surface area (Å²) in [6.45, 7) is 3.68. The van der Waals surface area contributed by atoms with Gasteiger partial charge < -0.3 is 21.7 Å². The molecule has 4 aromatic rings. The van der Waals surface area contributed by atoms with Crippen LogP contribution in [-0.4, -0.2) is 28.9 Å². The largest absolute Gasteiger partial charge is 0.366 e. The fourth-order valence-electron chi connectivity index (χ4n) is 3.96. The van der Waals surface area contributed by atoms with Crippen LogP contribution in [0.5, 0.6) is 0 Å². The van der Waals surface area contributed by atoms with Crippen molar-refractivity contribution in [2.75, 3.05) is 10.6 Å². The lowest BCUT2D eigenvalue weighted by atomic mass is 10.1. The number of hydrogen-bond acceptors (Lipinski definition) is 5. The third-order valence-electron chi connectivity index (χ3n) is 6.26. The number of carbonyl (C=O) groups excluding carboxylic acids is 4. The van der Waals surface area contributed by atoms with Crippen LogP contribution in [0.2, 0.25) is 0 Å². The Hall–Kier alpha value is -5.15. The SMILES string of the molecule is Cc1ccccc1/C=C(\NC(=O)c1ccccc1)C(=O)Nc1ccc(SC(C)C(=O)Nc2ccccc2C(N)=O)cc1. The zero-order valence-electron chi connectivity index (χ0n) is 23.1. The summed E-state index contributed by atoms with van der Waals surface area (Å²) in [5.74, 6) is -1.79. The van der Waals surface area contributed by atoms with Gasteiger partial charge in [0.1, 0.15) is 5.70 Å². The third kappa shape index (κ3) is 7.96. The molecule has 1 unspecified atom stereocenters. The van der Waals surface area contributed by atoms with E-state index in [2.05, 4.69) is 16.0 Å². The number of carbonyl (C=O) groups is 4. The van der Waals surface area contributed by atoms with Gasteiger partial charge in [0.15, 0.2) is 0 Å². The highest BCUT2D eigenvalue weighted by Gasteiger charge is 2.18. The van der Waals surface area contributed by atoms with Crippen LogP contribution in [0.25, 0.3) is 6.08 Å². The maximum atomic E-state index is 13.3. The predicted octanol–water partition coefficient (Wildman–Crippen LogP) is 5.62. The monoisotopic (exact) mass is 578 g/mol. The summed E-state index contributed by atoms with van der Waals surface area (Å²) in [5.41, 5.74) is 8.79. The zero-order valence-corrected chi connectivity index (χ0v) is 23.9. The lowest BCUT2D eigenvalue weighted by Crippen LogP contribution is -2.30. The molecule has 42 heavy (non-hydrogen) atoms. The second-order valence-corrected chi connectivity index (χ2v) is 10.8. The Morgan fingerprint density at radius 1 is 0.786 bits per heavy atom. The predicted molar refractivity (Wildman–Crippen MR) is 167 cm³/mol. The van der Waals surface area contributed by atoms with Crippen LogP contribution in [0.15, 0.2) is 114 Å². The van der Waals surface area contributed by atoms with Crippen LogP contribution in [0.4, 0.5) is 11.4 Å². The second kappa shape index (κ2) is 14.0. The summed E-state index contributed by atoms with van der Waals surface area (Å²) in [4.78, 5) is 51.4. The van der Waals surface area contributed by atoms with Crippen molar-refractivity contribution in [3.8, 4) is 0 Å². The average Bonchev–Trinajstić information content (AvgIpc) is 2.99. The Kier molecular flexibility index (Phi) is 9.91. The topological polar surface area (TPSA) is 130 Å². The van der Waals surface area contributed by atoms with Crippen molar-refractivity contribution < 1.29 is 19.2 Å². The van der Waals surface area contributed by atoms with Crippen molar-refractivity contribution >= 4 is 52.8 Å². The number of amides is 4. The summed E-state index contributed by atoms with van der Waals surface area (Å²) in [6.07, 6.45) is 1.65. The molecule has 0 saturated carbocycles. The van der Waals surface area contributed by atoms with E-state index in [1.165, 1.54) is 11.8 Å². The summed E-state index contributed by atoms with van der Waals surface area (Å²) in [7, 11) is 0. The van der Waals surface area contributed by atoms with Crippen LogP contribution in [-0.2, 0) is 9.59 Å². The zero-order chi connectivity index (χ0) is 30.1. The molecular weight excluding hydrogens is 548 g/mol. The number of nitrogens with one attached hydrogen (secondary N) is 3. The number of benzene rings is 4. The van der Waals surface area contributed by atoms with Gasteiger partial charge in [0, 0.05) is 16.1 Å². The van der Waals surface area contributed by atoms with E-state index in [1.54, 1.807) is 85.8 Å². The number of anilines is 2. The minimum atomic E-state index is -0.625. The molecular formula is C33H30N4O4S. The van der Waals surface area contributed by atoms with Gasteiger partial charge >= 0.3 is 0 Å². The first-order valence-electron chi connectivity index (χ1n) is 13.1. The Morgan fingerprint density at radius 2 is 1.43 bits per heavy atom. The minimum Gasteiger partial charge on any atom is -0.366 e. The van der Waals surface area contributed by atoms with E-state index in [4.69, 9.17) is 5.73 Å². The summed E-state index contributed by atoms with van der Waals surface area (Å²) in [5, 5.41) is 7.85. The van der Waals surface area contributed by atoms with Crippen molar-refractivity contribution in [3.63, 3.8) is 0 Å². The van der Waals surface area contributed by atoms with Crippen molar-refractivity contribution in [1.29, 1.82) is 0 Å². The summed E-state index contributed by atoms with van der Waals surface area (Å²) in [6, 6.07) is 29.8. The molecule has 0 aromatic heterocycles. The molecule has 0 radical (unpaired) electrons. The molecule has 0 saturated heterocycles. The van der Waals surface area contributed by atoms with Crippen molar-refractivity contribution in [2.24, 2.45) is 5.73 Å². The molecule has 4 rings (SSSR count). The molecule has 0 aliphatic carbocycles. The molecule has 4 amide bonds. The van der Waals surface area contributed by atoms with Gasteiger partial charge in [0.05, 0.1) is 16.5 Å². The minimum absolute atomic E-state index is 0.0955. The van der Waals surface area contributed by atoms with E-state index in [0.29, 0.717) is 16.9 Å². The van der Waals surface area contributed by atoms with Crippen LogP contribution in [0.1, 0.15) is 38.8 Å². The number of rotatable bonds is 10. The molecule has 9 heteroatoms. The van der Waals surface area contributed by atoms with E-state index >= 15 is 0 Å². The number of primary amides is 1. The first-order chi connectivity index (χ1) is 20.2. The van der Waals surface area contributed by atoms with E-state index in [9.17, 15) is 19.2 Å². The number of nitrogens with two attached hydrogens (primary N) is 1. The molecule has 0 bridgehead atoms. The fraction of sp³-hybridized carbons (Fsp3) is 0.0909. The van der Waals surface area contributed by atoms with Crippen LogP contribution >= 0.6 is 11.8 Å². The third-order valence-corrected chi connectivity index (χ3v) is 7.37. The molecule has 5 N–H and O–H groups in total. The number of aryl methyl sites for hydroxylation is 1. The number of thioether (sulfide) groups is 1. The first-order valence-corrected chi connectivity index (χ1v) is 14.0. The Bertz CT molecular complexity index is 1640. The normalized spacial score (nSPS) is 11.7. The quantitative estimate of drug-likeness (QED) is 0.143. The van der Waals surface area contributed by atoms with E-state index in [1.807, 2.05) is 37.3 Å². The molecule has 0 aliphatic heterocycles. The molecule has 0 fully saturated rings. The van der Waals surface area contributed by atoms with Gasteiger partial charge in [-0.1, -0.05) is 54.6 Å². The smallest absolute Gasteiger partial charge is 0.272 e. The summed E-state index contributed by atoms with van der Waals surface area (Å²) >= 11 is 1.32. The van der Waals surface area contributed by atoms with Crippen LogP contribution in [0.3, 0.4) is 0 Å². The van der Waals surface area contributed by atoms with E-state index < -0.39 is 23.0 Å². The maximum absolute atomic E-state index is 13.3. The van der Waals surface area contributed by atoms with Gasteiger partial charge in [0.25, 0.3) is 17.7 Å². The molecule has 1 atom stereocenters. The lowest BCUT2D eigenvalue weighted by molar-refractivity contribution is -0.115. The molecule has 0 heterocycles. The van der Waals surface area contributed by atoms with E-state index in [-0.39, 0.29) is 17.2 Å². The first kappa shape index (κ1) is 29.8. The highest BCUT2D eigenvalue weighted by atomic mass is 32.2.